The number of nitrogens with one attached hydrogen (secondary N) is 2. The number of benzene rings is 2. The number of anilines is 1. The number of hydrogen-bond acceptors (Lipinski definition) is 5. The second kappa shape index (κ2) is 14.6. The molecule has 2 atom stereocenters. The summed E-state index contributed by atoms with van der Waals surface area (Å²) < 4.78 is 0. The van der Waals surface area contributed by atoms with E-state index in [-0.39, 0.29) is 22.6 Å². The van der Waals surface area contributed by atoms with Crippen LogP contribution in [0.15, 0.2) is 89.6 Å². The Hall–Kier alpha value is -3.71. The number of carbonyl (C=O) groups is 2. The molecule has 1 aliphatic heterocycles. The number of nitrogens with zero attached hydrogens (tertiary/aromatic N) is 3. The zero-order valence-electron chi connectivity index (χ0n) is 27.5. The highest BCUT2D eigenvalue weighted by Gasteiger charge is 2.60. The number of hydrazone groups is 1. The van der Waals surface area contributed by atoms with Gasteiger partial charge in [-0.1, -0.05) is 80.1 Å². The van der Waals surface area contributed by atoms with E-state index in [1.165, 1.54) is 16.8 Å². The minimum atomic E-state index is -0.287. The van der Waals surface area contributed by atoms with Crippen molar-refractivity contribution >= 4 is 23.2 Å². The Balaban J connectivity index is 0.000000179. The molecule has 7 heteroatoms. The van der Waals surface area contributed by atoms with Crippen molar-refractivity contribution in [3.63, 3.8) is 0 Å². The summed E-state index contributed by atoms with van der Waals surface area (Å²) in [4.78, 5) is 29.4. The molecule has 6 rings (SSSR count). The molecule has 2 amide bonds. The largest absolute Gasteiger partial charge is 0.369 e. The van der Waals surface area contributed by atoms with Gasteiger partial charge in [-0.25, -0.2) is 5.43 Å². The van der Waals surface area contributed by atoms with Gasteiger partial charge in [0.2, 0.25) is 11.8 Å². The molecule has 0 radical (unpaired) electrons. The standard InChI is InChI=1S/C19H26N4O.C19H25NO/c1-16-7-8-17(15-16)20-21-19(24)9-10-22-11-13-23(14-12-22)18-5-3-2-4-6-18;1-14-18(2,3)16-9-11-19(14,13-16)17(21)20-12-10-15-7-5-4-6-8-15/h2-6,15H,7-14H2,1H3,(H,21,24);4-8,16H,1,9-13H2,2-3H3,(H,20,21)/b20-17-;. The lowest BCUT2D eigenvalue weighted by molar-refractivity contribution is -0.128. The van der Waals surface area contributed by atoms with Gasteiger partial charge in [0.25, 0.3) is 0 Å². The monoisotopic (exact) mass is 609 g/mol. The van der Waals surface area contributed by atoms with Crippen molar-refractivity contribution in [2.75, 3.05) is 44.2 Å². The van der Waals surface area contributed by atoms with Gasteiger partial charge in [-0.15, -0.1) is 0 Å². The number of fused-ring (bicyclic) bond motifs is 2. The molecule has 4 aliphatic rings. The average molecular weight is 610 g/mol. The molecule has 1 saturated heterocycles. The van der Waals surface area contributed by atoms with Crippen LogP contribution in [0.5, 0.6) is 0 Å². The minimum absolute atomic E-state index is 0.00550. The van der Waals surface area contributed by atoms with Gasteiger partial charge in [0.15, 0.2) is 0 Å². The maximum Gasteiger partial charge on any atom is 0.241 e. The highest BCUT2D eigenvalue weighted by Crippen LogP contribution is 2.65. The van der Waals surface area contributed by atoms with Crippen LogP contribution in [0.3, 0.4) is 0 Å². The van der Waals surface area contributed by atoms with Gasteiger partial charge in [-0.2, -0.15) is 5.10 Å². The molecule has 0 aromatic heterocycles. The fourth-order valence-corrected chi connectivity index (χ4v) is 7.44. The Morgan fingerprint density at radius 2 is 1.67 bits per heavy atom. The molecular formula is C38H51N5O2. The van der Waals surface area contributed by atoms with Crippen LogP contribution in [0.4, 0.5) is 5.69 Å². The number of carbonyl (C=O) groups excluding carboxylic acids is 2. The van der Waals surface area contributed by atoms with Gasteiger partial charge in [0.05, 0.1) is 11.1 Å². The molecule has 3 fully saturated rings. The molecule has 1 heterocycles. The SMILES string of the molecule is C=C1C2(C(=O)NCCc3ccccc3)CCC(C2)C1(C)C.CC1=C/C(=N\NC(=O)CCN2CCN(c3ccccc3)CC2)CC1. The Morgan fingerprint density at radius 1 is 0.978 bits per heavy atom. The molecule has 2 aromatic carbocycles. The van der Waals surface area contributed by atoms with E-state index >= 15 is 0 Å². The van der Waals surface area contributed by atoms with E-state index in [0.717, 1.165) is 82.5 Å². The number of rotatable bonds is 9. The summed E-state index contributed by atoms with van der Waals surface area (Å²) in [5.41, 5.74) is 8.54. The number of piperazine rings is 1. The first-order valence-electron chi connectivity index (χ1n) is 16.7. The van der Waals surface area contributed by atoms with Crippen LogP contribution in [0.25, 0.3) is 0 Å². The average Bonchev–Trinajstić information content (AvgIpc) is 3.75. The predicted molar refractivity (Wildman–Crippen MR) is 184 cm³/mol. The van der Waals surface area contributed by atoms with Gasteiger partial charge in [0.1, 0.15) is 0 Å². The summed E-state index contributed by atoms with van der Waals surface area (Å²) in [6.45, 7) is 16.4. The molecule has 0 spiro atoms. The Bertz CT molecular complexity index is 1390. The summed E-state index contributed by atoms with van der Waals surface area (Å²) in [5.74, 6) is 0.840. The molecule has 240 valence electrons. The molecule has 2 aromatic rings. The van der Waals surface area contributed by atoms with Crippen LogP contribution in [-0.2, 0) is 16.0 Å². The molecular weight excluding hydrogens is 558 g/mol. The first-order valence-corrected chi connectivity index (χ1v) is 16.7. The molecule has 2 bridgehead atoms. The van der Waals surface area contributed by atoms with Gasteiger partial charge in [-0.3, -0.25) is 14.5 Å². The third kappa shape index (κ3) is 7.93. The van der Waals surface area contributed by atoms with E-state index in [4.69, 9.17) is 0 Å². The van der Waals surface area contributed by atoms with E-state index < -0.39 is 0 Å². The molecule has 2 unspecified atom stereocenters. The second-order valence-electron chi connectivity index (χ2n) is 13.8. The minimum Gasteiger partial charge on any atom is -0.369 e. The van der Waals surface area contributed by atoms with E-state index in [1.54, 1.807) is 0 Å². The normalized spacial score (nSPS) is 24.6. The lowest BCUT2D eigenvalue weighted by Crippen LogP contribution is -2.47. The first kappa shape index (κ1) is 32.7. The van der Waals surface area contributed by atoms with Crippen molar-refractivity contribution < 1.29 is 9.59 Å². The van der Waals surface area contributed by atoms with E-state index in [0.29, 0.717) is 18.9 Å². The van der Waals surface area contributed by atoms with Crippen molar-refractivity contribution in [1.82, 2.24) is 15.6 Å². The summed E-state index contributed by atoms with van der Waals surface area (Å²) in [7, 11) is 0. The van der Waals surface area contributed by atoms with E-state index in [1.807, 2.05) is 24.3 Å². The Labute approximate surface area is 269 Å². The Morgan fingerprint density at radius 3 is 2.29 bits per heavy atom. The van der Waals surface area contributed by atoms with Crippen molar-refractivity contribution in [2.24, 2.45) is 21.8 Å². The topological polar surface area (TPSA) is 77.0 Å². The van der Waals surface area contributed by atoms with Gasteiger partial charge in [-0.05, 0) is 80.6 Å². The molecule has 7 nitrogen and oxygen atoms in total. The number of allylic oxidation sites excluding steroid dienone is 2. The maximum atomic E-state index is 12.7. The molecule has 2 N–H and O–H groups in total. The second-order valence-corrected chi connectivity index (χ2v) is 13.8. The van der Waals surface area contributed by atoms with Crippen LogP contribution in [-0.4, -0.2) is 61.7 Å². The number of amides is 2. The third-order valence-electron chi connectivity index (χ3n) is 10.5. The lowest BCUT2D eigenvalue weighted by atomic mass is 9.68. The number of para-hydroxylation sites is 1. The predicted octanol–water partition coefficient (Wildman–Crippen LogP) is 6.14. The highest BCUT2D eigenvalue weighted by atomic mass is 16.2. The zero-order valence-corrected chi connectivity index (χ0v) is 27.5. The summed E-state index contributed by atoms with van der Waals surface area (Å²) >= 11 is 0. The third-order valence-corrected chi connectivity index (χ3v) is 10.5. The summed E-state index contributed by atoms with van der Waals surface area (Å²) in [5, 5.41) is 7.36. The van der Waals surface area contributed by atoms with Crippen molar-refractivity contribution in [1.29, 1.82) is 0 Å². The van der Waals surface area contributed by atoms with E-state index in [2.05, 4.69) is 95.5 Å². The summed E-state index contributed by atoms with van der Waals surface area (Å²) in [6.07, 6.45) is 8.59. The number of hydrogen-bond donors (Lipinski definition) is 2. The van der Waals surface area contributed by atoms with Crippen LogP contribution >= 0.6 is 0 Å². The lowest BCUT2D eigenvalue weighted by Gasteiger charge is -2.37. The molecule has 45 heavy (non-hydrogen) atoms. The zero-order chi connectivity index (χ0) is 31.9. The van der Waals surface area contributed by atoms with Crippen molar-refractivity contribution in [2.45, 2.75) is 65.7 Å². The smallest absolute Gasteiger partial charge is 0.241 e. The van der Waals surface area contributed by atoms with Crippen LogP contribution in [0, 0.1) is 16.7 Å². The fourth-order valence-electron chi connectivity index (χ4n) is 7.44. The van der Waals surface area contributed by atoms with Gasteiger partial charge >= 0.3 is 0 Å². The Kier molecular flexibility index (Phi) is 10.6. The van der Waals surface area contributed by atoms with Crippen LogP contribution in [0.1, 0.15) is 64.9 Å². The fraction of sp³-hybridized carbons (Fsp3) is 0.500. The van der Waals surface area contributed by atoms with E-state index in [9.17, 15) is 9.59 Å². The van der Waals surface area contributed by atoms with Crippen LogP contribution < -0.4 is 15.6 Å². The summed E-state index contributed by atoms with van der Waals surface area (Å²) in [6, 6.07) is 20.8. The van der Waals surface area contributed by atoms with Crippen molar-refractivity contribution in [3.05, 3.63) is 90.0 Å². The highest BCUT2D eigenvalue weighted by molar-refractivity contribution is 5.98. The van der Waals surface area contributed by atoms with Gasteiger partial charge < -0.3 is 10.2 Å². The first-order chi connectivity index (χ1) is 21.7. The van der Waals surface area contributed by atoms with Gasteiger partial charge in [0, 0.05) is 51.4 Å². The quantitative estimate of drug-likeness (QED) is 0.265. The molecule has 2 saturated carbocycles. The molecule has 3 aliphatic carbocycles. The van der Waals surface area contributed by atoms with Crippen molar-refractivity contribution in [3.8, 4) is 0 Å². The van der Waals surface area contributed by atoms with Crippen LogP contribution in [0.2, 0.25) is 0 Å². The maximum absolute atomic E-state index is 12.7.